The van der Waals surface area contributed by atoms with Gasteiger partial charge >= 0.3 is 0 Å². The number of Topliss-reactive ketones (excluding diaryl/α,β-unsaturated/α-hetero) is 1. The third kappa shape index (κ3) is 3.21. The molecule has 0 bridgehead atoms. The zero-order chi connectivity index (χ0) is 15.3. The molecule has 0 saturated carbocycles. The second-order valence-corrected chi connectivity index (χ2v) is 6.62. The predicted octanol–water partition coefficient (Wildman–Crippen LogP) is 2.74. The monoisotopic (exact) mass is 298 g/mol. The summed E-state index contributed by atoms with van der Waals surface area (Å²) in [7, 11) is -3.80. The van der Waals surface area contributed by atoms with Crippen LogP contribution in [0, 0.1) is 12.3 Å². The van der Waals surface area contributed by atoms with Gasteiger partial charge in [0.25, 0.3) is 0 Å². The molecular formula is C17H14O3S. The SMILES string of the molecule is C#CC[C@@H](C(=O)c1ccccc1)S(=O)(=O)c1ccccc1. The first-order valence-corrected chi connectivity index (χ1v) is 7.93. The van der Waals surface area contributed by atoms with E-state index in [2.05, 4.69) is 5.92 Å². The van der Waals surface area contributed by atoms with Gasteiger partial charge in [-0.05, 0) is 12.1 Å². The molecule has 2 aromatic rings. The van der Waals surface area contributed by atoms with E-state index < -0.39 is 20.9 Å². The van der Waals surface area contributed by atoms with Crippen molar-refractivity contribution in [2.45, 2.75) is 16.6 Å². The van der Waals surface area contributed by atoms with Gasteiger partial charge in [0, 0.05) is 12.0 Å². The third-order valence-electron chi connectivity index (χ3n) is 3.10. The molecule has 0 aromatic heterocycles. The molecule has 106 valence electrons. The molecule has 0 aliphatic carbocycles. The Balaban J connectivity index is 2.45. The van der Waals surface area contributed by atoms with Crippen molar-refractivity contribution >= 4 is 15.6 Å². The quantitative estimate of drug-likeness (QED) is 0.630. The minimum atomic E-state index is -3.80. The fourth-order valence-corrected chi connectivity index (χ4v) is 3.61. The Morgan fingerprint density at radius 1 is 1.00 bits per heavy atom. The van der Waals surface area contributed by atoms with Crippen molar-refractivity contribution in [1.82, 2.24) is 0 Å². The summed E-state index contributed by atoms with van der Waals surface area (Å²) in [6.07, 6.45) is 5.11. The van der Waals surface area contributed by atoms with Gasteiger partial charge < -0.3 is 0 Å². The predicted molar refractivity (Wildman–Crippen MR) is 81.6 cm³/mol. The van der Waals surface area contributed by atoms with E-state index in [9.17, 15) is 13.2 Å². The molecule has 0 radical (unpaired) electrons. The van der Waals surface area contributed by atoms with Crippen LogP contribution in [0.5, 0.6) is 0 Å². The van der Waals surface area contributed by atoms with Gasteiger partial charge in [0.15, 0.2) is 15.6 Å². The van der Waals surface area contributed by atoms with Crippen LogP contribution in [0.1, 0.15) is 16.8 Å². The Bertz CT molecular complexity index is 757. The lowest BCUT2D eigenvalue weighted by atomic mass is 10.1. The first kappa shape index (κ1) is 15.0. The highest BCUT2D eigenvalue weighted by molar-refractivity contribution is 7.92. The first-order valence-electron chi connectivity index (χ1n) is 6.39. The molecule has 2 rings (SSSR count). The van der Waals surface area contributed by atoms with E-state index in [-0.39, 0.29) is 11.3 Å². The van der Waals surface area contributed by atoms with E-state index >= 15 is 0 Å². The van der Waals surface area contributed by atoms with E-state index in [1.807, 2.05) is 0 Å². The molecule has 0 amide bonds. The van der Waals surface area contributed by atoms with Gasteiger partial charge in [0.2, 0.25) is 0 Å². The first-order chi connectivity index (χ1) is 10.1. The molecule has 3 nitrogen and oxygen atoms in total. The fourth-order valence-electron chi connectivity index (χ4n) is 2.01. The lowest BCUT2D eigenvalue weighted by Crippen LogP contribution is -2.30. The largest absolute Gasteiger partial charge is 0.293 e. The molecule has 0 spiro atoms. The molecule has 1 atom stereocenters. The molecule has 0 aliphatic rings. The molecule has 21 heavy (non-hydrogen) atoms. The summed E-state index contributed by atoms with van der Waals surface area (Å²) in [6.45, 7) is 0. The number of hydrogen-bond acceptors (Lipinski definition) is 3. The van der Waals surface area contributed by atoms with Crippen molar-refractivity contribution in [3.8, 4) is 12.3 Å². The number of carbonyl (C=O) groups excluding carboxylic acids is 1. The van der Waals surface area contributed by atoms with Crippen LogP contribution in [0.15, 0.2) is 65.6 Å². The van der Waals surface area contributed by atoms with Crippen molar-refractivity contribution in [3.05, 3.63) is 66.2 Å². The van der Waals surface area contributed by atoms with Crippen LogP contribution < -0.4 is 0 Å². The fraction of sp³-hybridized carbons (Fsp3) is 0.118. The lowest BCUT2D eigenvalue weighted by molar-refractivity contribution is 0.0988. The second-order valence-electron chi connectivity index (χ2n) is 4.49. The molecular weight excluding hydrogens is 284 g/mol. The molecule has 4 heteroatoms. The van der Waals surface area contributed by atoms with Crippen LogP contribution in [-0.4, -0.2) is 19.5 Å². The third-order valence-corrected chi connectivity index (χ3v) is 5.16. The highest BCUT2D eigenvalue weighted by Gasteiger charge is 2.33. The summed E-state index contributed by atoms with van der Waals surface area (Å²) in [5.41, 5.74) is 0.345. The Labute approximate surface area is 124 Å². The minimum absolute atomic E-state index is 0.106. The Kier molecular flexibility index (Phi) is 4.56. The summed E-state index contributed by atoms with van der Waals surface area (Å²) in [4.78, 5) is 12.6. The molecule has 2 aromatic carbocycles. The molecule has 0 aliphatic heterocycles. The summed E-state index contributed by atoms with van der Waals surface area (Å²) in [5.74, 6) is 1.82. The lowest BCUT2D eigenvalue weighted by Gasteiger charge is -2.14. The number of sulfone groups is 1. The van der Waals surface area contributed by atoms with Crippen molar-refractivity contribution in [1.29, 1.82) is 0 Å². The van der Waals surface area contributed by atoms with Crippen LogP contribution in [0.2, 0.25) is 0 Å². The normalized spacial score (nSPS) is 12.3. The summed E-state index contributed by atoms with van der Waals surface area (Å²) in [5, 5.41) is -1.26. The maximum atomic E-state index is 12.6. The number of carbonyl (C=O) groups is 1. The summed E-state index contributed by atoms with van der Waals surface area (Å²) >= 11 is 0. The van der Waals surface area contributed by atoms with Gasteiger partial charge in [-0.15, -0.1) is 12.3 Å². The standard InChI is InChI=1S/C17H14O3S/c1-2-9-16(17(18)14-10-5-3-6-11-14)21(19,20)15-12-7-4-8-13-15/h1,3-8,10-13,16H,9H2/t16-/m0/s1. The van der Waals surface area contributed by atoms with Crippen molar-refractivity contribution in [2.24, 2.45) is 0 Å². The summed E-state index contributed by atoms with van der Waals surface area (Å²) < 4.78 is 25.2. The van der Waals surface area contributed by atoms with Gasteiger partial charge in [-0.1, -0.05) is 48.5 Å². The van der Waals surface area contributed by atoms with Crippen LogP contribution in [0.25, 0.3) is 0 Å². The number of rotatable bonds is 5. The van der Waals surface area contributed by atoms with Gasteiger partial charge in [0.1, 0.15) is 5.25 Å². The van der Waals surface area contributed by atoms with Gasteiger partial charge in [-0.2, -0.15) is 0 Å². The smallest absolute Gasteiger partial charge is 0.189 e. The van der Waals surface area contributed by atoms with Gasteiger partial charge in [-0.3, -0.25) is 4.79 Å². The maximum Gasteiger partial charge on any atom is 0.189 e. The molecule has 0 unspecified atom stereocenters. The summed E-state index contributed by atoms with van der Waals surface area (Å²) in [6, 6.07) is 16.2. The van der Waals surface area contributed by atoms with Crippen molar-refractivity contribution < 1.29 is 13.2 Å². The molecule has 0 heterocycles. The highest BCUT2D eigenvalue weighted by atomic mass is 32.2. The van der Waals surface area contributed by atoms with Gasteiger partial charge in [0.05, 0.1) is 4.90 Å². The highest BCUT2D eigenvalue weighted by Crippen LogP contribution is 2.21. The average molecular weight is 298 g/mol. The van der Waals surface area contributed by atoms with Crippen LogP contribution in [0.3, 0.4) is 0 Å². The Morgan fingerprint density at radius 2 is 1.52 bits per heavy atom. The number of terminal acetylenes is 1. The van der Waals surface area contributed by atoms with E-state index in [0.717, 1.165) is 0 Å². The van der Waals surface area contributed by atoms with Crippen molar-refractivity contribution in [2.75, 3.05) is 0 Å². The minimum Gasteiger partial charge on any atom is -0.293 e. The number of benzene rings is 2. The zero-order valence-corrected chi connectivity index (χ0v) is 12.1. The number of ketones is 1. The Morgan fingerprint density at radius 3 is 2.05 bits per heavy atom. The number of hydrogen-bond donors (Lipinski definition) is 0. The molecule has 0 saturated heterocycles. The van der Waals surface area contributed by atoms with Gasteiger partial charge in [-0.25, -0.2) is 8.42 Å². The van der Waals surface area contributed by atoms with E-state index in [1.54, 1.807) is 48.5 Å². The molecule has 0 N–H and O–H groups in total. The maximum absolute atomic E-state index is 12.6. The Hall–Kier alpha value is -2.38. The van der Waals surface area contributed by atoms with Crippen molar-refractivity contribution in [3.63, 3.8) is 0 Å². The van der Waals surface area contributed by atoms with E-state index in [4.69, 9.17) is 6.42 Å². The van der Waals surface area contributed by atoms with E-state index in [1.165, 1.54) is 12.1 Å². The topological polar surface area (TPSA) is 51.2 Å². The van der Waals surface area contributed by atoms with Crippen LogP contribution >= 0.6 is 0 Å². The zero-order valence-electron chi connectivity index (χ0n) is 11.3. The molecule has 0 fully saturated rings. The average Bonchev–Trinajstić information content (AvgIpc) is 2.53. The van der Waals surface area contributed by atoms with E-state index in [0.29, 0.717) is 5.56 Å². The second kappa shape index (κ2) is 6.38. The van der Waals surface area contributed by atoms with Crippen LogP contribution in [-0.2, 0) is 9.84 Å². The van der Waals surface area contributed by atoms with Crippen LogP contribution in [0.4, 0.5) is 0 Å².